The van der Waals surface area contributed by atoms with E-state index in [0.29, 0.717) is 12.4 Å². The molecular weight excluding hydrogens is 328 g/mol. The summed E-state index contributed by atoms with van der Waals surface area (Å²) in [5.74, 6) is 1.31. The molecule has 26 heavy (non-hydrogen) atoms. The number of aromatic nitrogens is 3. The second-order valence-electron chi connectivity index (χ2n) is 6.51. The van der Waals surface area contributed by atoms with Gasteiger partial charge in [0, 0.05) is 35.9 Å². The van der Waals surface area contributed by atoms with Crippen LogP contribution in [0.3, 0.4) is 0 Å². The number of benzene rings is 1. The minimum atomic E-state index is -0.149. The molecule has 1 aliphatic rings. The Kier molecular flexibility index (Phi) is 4.24. The molecule has 2 aromatic heterocycles. The lowest BCUT2D eigenvalue weighted by molar-refractivity contribution is -0.144. The predicted molar refractivity (Wildman–Crippen MR) is 99.8 cm³/mol. The molecule has 4 rings (SSSR count). The fourth-order valence-corrected chi connectivity index (χ4v) is 3.40. The van der Waals surface area contributed by atoms with Gasteiger partial charge in [0.25, 0.3) is 0 Å². The Morgan fingerprint density at radius 1 is 1.19 bits per heavy atom. The van der Waals surface area contributed by atoms with E-state index in [1.807, 2.05) is 43.3 Å². The molecular formula is C20H20N4O2. The van der Waals surface area contributed by atoms with E-state index >= 15 is 0 Å². The van der Waals surface area contributed by atoms with Gasteiger partial charge in [-0.05, 0) is 31.5 Å². The van der Waals surface area contributed by atoms with Crippen LogP contribution in [0.1, 0.15) is 12.1 Å². The van der Waals surface area contributed by atoms with E-state index in [-0.39, 0.29) is 11.9 Å². The fourth-order valence-electron chi connectivity index (χ4n) is 3.40. The lowest BCUT2D eigenvalue weighted by Gasteiger charge is -2.17. The van der Waals surface area contributed by atoms with E-state index in [0.717, 1.165) is 40.9 Å². The number of fused-ring (bicyclic) bond motifs is 1. The maximum absolute atomic E-state index is 11.7. The summed E-state index contributed by atoms with van der Waals surface area (Å²) in [5, 5.41) is 1.06. The van der Waals surface area contributed by atoms with Gasteiger partial charge >= 0.3 is 5.97 Å². The molecule has 132 valence electrons. The Morgan fingerprint density at radius 3 is 2.81 bits per heavy atom. The van der Waals surface area contributed by atoms with E-state index in [9.17, 15) is 4.79 Å². The molecule has 6 heteroatoms. The van der Waals surface area contributed by atoms with Gasteiger partial charge in [-0.25, -0.2) is 15.0 Å². The maximum Gasteiger partial charge on any atom is 0.310 e. The van der Waals surface area contributed by atoms with E-state index in [2.05, 4.69) is 19.9 Å². The molecule has 1 aliphatic heterocycles. The molecule has 3 heterocycles. The zero-order chi connectivity index (χ0) is 18.1. The van der Waals surface area contributed by atoms with Crippen LogP contribution in [-0.2, 0) is 9.53 Å². The lowest BCUT2D eigenvalue weighted by Crippen LogP contribution is -2.24. The molecule has 0 amide bonds. The minimum Gasteiger partial charge on any atom is -0.469 e. The molecule has 0 spiro atoms. The van der Waals surface area contributed by atoms with Gasteiger partial charge in [-0.3, -0.25) is 4.79 Å². The van der Waals surface area contributed by atoms with Crippen molar-refractivity contribution in [1.82, 2.24) is 15.0 Å². The number of hydrogen-bond donors (Lipinski definition) is 0. The van der Waals surface area contributed by atoms with Crippen molar-refractivity contribution in [3.05, 3.63) is 48.3 Å². The van der Waals surface area contributed by atoms with Crippen molar-refractivity contribution in [2.24, 2.45) is 5.92 Å². The number of carbonyl (C=O) groups excluding carboxylic acids is 1. The number of pyridine rings is 1. The van der Waals surface area contributed by atoms with Crippen molar-refractivity contribution in [1.29, 1.82) is 0 Å². The first-order chi connectivity index (χ1) is 12.7. The summed E-state index contributed by atoms with van der Waals surface area (Å²) in [6.45, 7) is 3.44. The molecule has 1 unspecified atom stereocenters. The van der Waals surface area contributed by atoms with Crippen molar-refractivity contribution < 1.29 is 9.53 Å². The predicted octanol–water partition coefficient (Wildman–Crippen LogP) is 3.00. The Labute approximate surface area is 151 Å². The van der Waals surface area contributed by atoms with Gasteiger partial charge in [0.2, 0.25) is 0 Å². The van der Waals surface area contributed by atoms with Crippen LogP contribution in [0.25, 0.3) is 22.3 Å². The summed E-state index contributed by atoms with van der Waals surface area (Å²) in [6.07, 6.45) is 2.59. The first-order valence-corrected chi connectivity index (χ1v) is 8.68. The number of para-hydroxylation sites is 1. The van der Waals surface area contributed by atoms with Gasteiger partial charge in [0.05, 0.1) is 18.5 Å². The van der Waals surface area contributed by atoms with Gasteiger partial charge < -0.3 is 9.64 Å². The summed E-state index contributed by atoms with van der Waals surface area (Å²) < 4.78 is 4.84. The largest absolute Gasteiger partial charge is 0.469 e. The highest BCUT2D eigenvalue weighted by Crippen LogP contribution is 2.25. The summed E-state index contributed by atoms with van der Waals surface area (Å²) in [7, 11) is 1.43. The molecule has 0 aliphatic carbocycles. The van der Waals surface area contributed by atoms with Crippen LogP contribution in [0.15, 0.2) is 42.6 Å². The normalized spacial score (nSPS) is 16.8. The second-order valence-corrected chi connectivity index (χ2v) is 6.51. The number of nitrogens with zero attached hydrogens (tertiary/aromatic N) is 4. The van der Waals surface area contributed by atoms with E-state index in [1.54, 1.807) is 6.20 Å². The molecule has 3 aromatic rings. The van der Waals surface area contributed by atoms with Crippen molar-refractivity contribution in [3.63, 3.8) is 0 Å². The number of carbonyl (C=O) groups is 1. The summed E-state index contributed by atoms with van der Waals surface area (Å²) in [6, 6.07) is 11.9. The van der Waals surface area contributed by atoms with Crippen molar-refractivity contribution in [3.8, 4) is 11.4 Å². The van der Waals surface area contributed by atoms with E-state index < -0.39 is 0 Å². The third kappa shape index (κ3) is 2.98. The van der Waals surface area contributed by atoms with Gasteiger partial charge in [0.15, 0.2) is 5.82 Å². The highest BCUT2D eigenvalue weighted by atomic mass is 16.5. The van der Waals surface area contributed by atoms with E-state index in [1.165, 1.54) is 7.11 Å². The number of hydrogen-bond acceptors (Lipinski definition) is 6. The Hall–Kier alpha value is -3.02. The highest BCUT2D eigenvalue weighted by molar-refractivity contribution is 5.82. The molecule has 1 fully saturated rings. The summed E-state index contributed by atoms with van der Waals surface area (Å²) in [5.41, 5.74) is 2.76. The Bertz CT molecular complexity index is 956. The molecule has 0 saturated carbocycles. The van der Waals surface area contributed by atoms with Crippen molar-refractivity contribution >= 4 is 22.7 Å². The van der Waals surface area contributed by atoms with Gasteiger partial charge in [-0.2, -0.15) is 0 Å². The number of rotatable bonds is 3. The van der Waals surface area contributed by atoms with Crippen LogP contribution in [-0.4, -0.2) is 41.1 Å². The van der Waals surface area contributed by atoms with Crippen LogP contribution in [0.4, 0.5) is 5.82 Å². The standard InChI is InChI=1S/C20H20N4O2/c1-13-16-5-3-4-6-17(16)23-19(22-13)14-7-8-18(21-11-14)24-10-9-15(12-24)20(25)26-2/h3-8,11,15H,9-10,12H2,1-2H3. The fraction of sp³-hybridized carbons (Fsp3) is 0.300. The molecule has 1 atom stereocenters. The number of methoxy groups -OCH3 is 1. The molecule has 0 N–H and O–H groups in total. The third-order valence-electron chi connectivity index (χ3n) is 4.85. The lowest BCUT2D eigenvalue weighted by atomic mass is 10.1. The average molecular weight is 348 g/mol. The van der Waals surface area contributed by atoms with Gasteiger partial charge in [-0.15, -0.1) is 0 Å². The summed E-state index contributed by atoms with van der Waals surface area (Å²) >= 11 is 0. The topological polar surface area (TPSA) is 68.2 Å². The van der Waals surface area contributed by atoms with Crippen LogP contribution in [0.2, 0.25) is 0 Å². The Morgan fingerprint density at radius 2 is 2.04 bits per heavy atom. The first kappa shape index (κ1) is 16.4. The summed E-state index contributed by atoms with van der Waals surface area (Å²) in [4.78, 5) is 27.6. The van der Waals surface area contributed by atoms with Crippen molar-refractivity contribution in [2.45, 2.75) is 13.3 Å². The first-order valence-electron chi connectivity index (χ1n) is 8.68. The molecule has 0 radical (unpaired) electrons. The zero-order valence-electron chi connectivity index (χ0n) is 14.8. The molecule has 0 bridgehead atoms. The quantitative estimate of drug-likeness (QED) is 0.678. The van der Waals surface area contributed by atoms with Gasteiger partial charge in [-0.1, -0.05) is 18.2 Å². The smallest absolute Gasteiger partial charge is 0.310 e. The zero-order valence-corrected chi connectivity index (χ0v) is 14.8. The number of anilines is 1. The van der Waals surface area contributed by atoms with Crippen LogP contribution < -0.4 is 4.90 Å². The van der Waals surface area contributed by atoms with E-state index in [4.69, 9.17) is 4.74 Å². The second kappa shape index (κ2) is 6.71. The van der Waals surface area contributed by atoms with Crippen LogP contribution >= 0.6 is 0 Å². The average Bonchev–Trinajstić information content (AvgIpc) is 3.18. The van der Waals surface area contributed by atoms with Gasteiger partial charge in [0.1, 0.15) is 5.82 Å². The maximum atomic E-state index is 11.7. The number of esters is 1. The Balaban J connectivity index is 1.58. The molecule has 1 aromatic carbocycles. The molecule has 1 saturated heterocycles. The van der Waals surface area contributed by atoms with Crippen LogP contribution in [0.5, 0.6) is 0 Å². The third-order valence-corrected chi connectivity index (χ3v) is 4.85. The monoisotopic (exact) mass is 348 g/mol. The number of aryl methyl sites for hydroxylation is 1. The highest BCUT2D eigenvalue weighted by Gasteiger charge is 2.29. The number of ether oxygens (including phenoxy) is 1. The van der Waals surface area contributed by atoms with Crippen molar-refractivity contribution in [2.75, 3.05) is 25.1 Å². The molecule has 6 nitrogen and oxygen atoms in total. The SMILES string of the molecule is COC(=O)C1CCN(c2ccc(-c3nc(C)c4ccccc4n3)cn2)C1. The minimum absolute atomic E-state index is 0.0760. The van der Waals surface area contributed by atoms with Crippen LogP contribution in [0, 0.1) is 12.8 Å².